The summed E-state index contributed by atoms with van der Waals surface area (Å²) >= 11 is 2.08. The molecular formula is C18H23IO5. The molecule has 0 fully saturated rings. The maximum absolute atomic E-state index is 12.4. The molecule has 6 heteroatoms. The monoisotopic (exact) mass is 446 g/mol. The van der Waals surface area contributed by atoms with Gasteiger partial charge in [0.2, 0.25) is 0 Å². The average Bonchev–Trinajstić information content (AvgIpc) is 2.52. The summed E-state index contributed by atoms with van der Waals surface area (Å²) in [6.45, 7) is 4.97. The topological polar surface area (TPSA) is 72.8 Å². The summed E-state index contributed by atoms with van der Waals surface area (Å²) in [5.41, 5.74) is 0.503. The van der Waals surface area contributed by atoms with Crippen LogP contribution < -0.4 is 4.74 Å². The van der Waals surface area contributed by atoms with Crippen molar-refractivity contribution in [2.45, 2.75) is 44.8 Å². The van der Waals surface area contributed by atoms with Crippen molar-refractivity contribution in [3.05, 3.63) is 40.0 Å². The predicted molar refractivity (Wildman–Crippen MR) is 100 cm³/mol. The van der Waals surface area contributed by atoms with Gasteiger partial charge in [-0.2, -0.15) is 0 Å². The van der Waals surface area contributed by atoms with Crippen molar-refractivity contribution in [1.82, 2.24) is 0 Å². The number of hydrogen-bond acceptors (Lipinski definition) is 5. The number of benzene rings is 1. The highest BCUT2D eigenvalue weighted by Gasteiger charge is 2.19. The fraction of sp³-hybridized carbons (Fsp3) is 0.444. The van der Waals surface area contributed by atoms with Gasteiger partial charge in [-0.25, -0.2) is 0 Å². The Morgan fingerprint density at radius 1 is 1.38 bits per heavy atom. The van der Waals surface area contributed by atoms with Crippen molar-refractivity contribution in [3.8, 4) is 5.75 Å². The third-order valence-corrected chi connectivity index (χ3v) is 4.40. The number of rotatable bonds is 10. The Labute approximate surface area is 156 Å². The Morgan fingerprint density at radius 2 is 2.08 bits per heavy atom. The Morgan fingerprint density at radius 3 is 2.67 bits per heavy atom. The molecule has 0 amide bonds. The lowest BCUT2D eigenvalue weighted by atomic mass is 10.0. The van der Waals surface area contributed by atoms with E-state index in [0.29, 0.717) is 30.6 Å². The molecule has 0 aromatic heterocycles. The van der Waals surface area contributed by atoms with E-state index >= 15 is 0 Å². The molecule has 0 spiro atoms. The van der Waals surface area contributed by atoms with Crippen molar-refractivity contribution in [3.63, 3.8) is 0 Å². The Balaban J connectivity index is 2.53. The summed E-state index contributed by atoms with van der Waals surface area (Å²) in [4.78, 5) is 23.4. The fourth-order valence-corrected chi connectivity index (χ4v) is 3.13. The highest BCUT2D eigenvalue weighted by atomic mass is 127. The van der Waals surface area contributed by atoms with Crippen LogP contribution in [0.1, 0.15) is 43.0 Å². The molecule has 2 atom stereocenters. The molecule has 0 aliphatic carbocycles. The molecule has 0 radical (unpaired) electrons. The predicted octanol–water partition coefficient (Wildman–Crippen LogP) is 3.52. The smallest absolute Gasteiger partial charge is 0.303 e. The van der Waals surface area contributed by atoms with Gasteiger partial charge in [-0.15, -0.1) is 0 Å². The van der Waals surface area contributed by atoms with Crippen molar-refractivity contribution in [2.24, 2.45) is 0 Å². The van der Waals surface area contributed by atoms with E-state index < -0.39 is 6.10 Å². The number of ether oxygens (including phenoxy) is 2. The first-order valence-electron chi connectivity index (χ1n) is 7.72. The van der Waals surface area contributed by atoms with Gasteiger partial charge in [0.25, 0.3) is 0 Å². The quantitative estimate of drug-likeness (QED) is 0.258. The number of hydrogen-bond donors (Lipinski definition) is 1. The first-order valence-corrected chi connectivity index (χ1v) is 8.80. The zero-order valence-electron chi connectivity index (χ0n) is 14.0. The number of Topliss-reactive ketones (excluding diaryl/α,β-unsaturated/α-hetero) is 1. The first-order chi connectivity index (χ1) is 11.4. The SMILES string of the molecule is C=CC(CCCC(O)CC(=O)c1c(I)cccc1OC)OC(C)=O. The van der Waals surface area contributed by atoms with Crippen LogP contribution in [0.3, 0.4) is 0 Å². The fourth-order valence-electron chi connectivity index (χ4n) is 2.36. The summed E-state index contributed by atoms with van der Waals surface area (Å²) < 4.78 is 11.1. The Bertz CT molecular complexity index is 585. The number of methoxy groups -OCH3 is 1. The number of halogens is 1. The van der Waals surface area contributed by atoms with Crippen LogP contribution >= 0.6 is 22.6 Å². The van der Waals surface area contributed by atoms with Crippen LogP contribution in [0, 0.1) is 3.57 Å². The molecule has 0 aliphatic rings. The maximum Gasteiger partial charge on any atom is 0.303 e. The normalized spacial score (nSPS) is 13.0. The van der Waals surface area contributed by atoms with Gasteiger partial charge in [-0.3, -0.25) is 9.59 Å². The molecule has 24 heavy (non-hydrogen) atoms. The van der Waals surface area contributed by atoms with E-state index in [1.165, 1.54) is 14.0 Å². The molecular weight excluding hydrogens is 423 g/mol. The Kier molecular flexibility index (Phi) is 8.99. The lowest BCUT2D eigenvalue weighted by Crippen LogP contribution is -2.17. The first kappa shape index (κ1) is 20.6. The third kappa shape index (κ3) is 6.60. The molecule has 0 saturated carbocycles. The van der Waals surface area contributed by atoms with Gasteiger partial charge < -0.3 is 14.6 Å². The van der Waals surface area contributed by atoms with E-state index in [0.717, 1.165) is 3.57 Å². The van der Waals surface area contributed by atoms with E-state index in [9.17, 15) is 14.7 Å². The van der Waals surface area contributed by atoms with E-state index in [2.05, 4.69) is 29.2 Å². The number of aliphatic hydroxyl groups excluding tert-OH is 1. The van der Waals surface area contributed by atoms with Crippen LogP contribution in [0.4, 0.5) is 0 Å². The lowest BCUT2D eigenvalue weighted by Gasteiger charge is -2.15. The maximum atomic E-state index is 12.4. The minimum atomic E-state index is -0.749. The van der Waals surface area contributed by atoms with Crippen LogP contribution in [-0.4, -0.2) is 36.2 Å². The number of aliphatic hydroxyl groups is 1. The second-order valence-electron chi connectivity index (χ2n) is 5.41. The average molecular weight is 446 g/mol. The summed E-state index contributed by atoms with van der Waals surface area (Å²) in [5, 5.41) is 10.1. The molecule has 0 aliphatic heterocycles. The van der Waals surface area contributed by atoms with Crippen LogP contribution in [0.25, 0.3) is 0 Å². The molecule has 0 bridgehead atoms. The number of ketones is 1. The van der Waals surface area contributed by atoms with Crippen molar-refractivity contribution in [2.75, 3.05) is 7.11 Å². The zero-order chi connectivity index (χ0) is 18.1. The number of esters is 1. The number of carbonyl (C=O) groups excluding carboxylic acids is 2. The van der Waals surface area contributed by atoms with Crippen molar-refractivity contribution in [1.29, 1.82) is 0 Å². The molecule has 132 valence electrons. The van der Waals surface area contributed by atoms with Crippen LogP contribution in [-0.2, 0) is 9.53 Å². The van der Waals surface area contributed by atoms with Crippen LogP contribution in [0.15, 0.2) is 30.9 Å². The summed E-state index contributed by atoms with van der Waals surface area (Å²) in [6.07, 6.45) is 2.13. The lowest BCUT2D eigenvalue weighted by molar-refractivity contribution is -0.144. The van der Waals surface area contributed by atoms with Gasteiger partial charge in [-0.05, 0) is 54.0 Å². The molecule has 0 heterocycles. The summed E-state index contributed by atoms with van der Waals surface area (Å²) in [6, 6.07) is 5.38. The Hall–Kier alpha value is -1.41. The summed E-state index contributed by atoms with van der Waals surface area (Å²) in [5.74, 6) is 0.00617. The molecule has 1 N–H and O–H groups in total. The largest absolute Gasteiger partial charge is 0.496 e. The van der Waals surface area contributed by atoms with Gasteiger partial charge in [-0.1, -0.05) is 18.7 Å². The zero-order valence-corrected chi connectivity index (χ0v) is 16.1. The minimum absolute atomic E-state index is 0.0305. The van der Waals surface area contributed by atoms with E-state index in [1.807, 2.05) is 12.1 Å². The number of carbonyl (C=O) groups is 2. The van der Waals surface area contributed by atoms with Gasteiger partial charge >= 0.3 is 5.97 Å². The summed E-state index contributed by atoms with van der Waals surface area (Å²) in [7, 11) is 1.52. The van der Waals surface area contributed by atoms with Crippen LogP contribution in [0.2, 0.25) is 0 Å². The second kappa shape index (κ2) is 10.5. The second-order valence-corrected chi connectivity index (χ2v) is 6.57. The van der Waals surface area contributed by atoms with E-state index in [-0.39, 0.29) is 24.3 Å². The molecule has 5 nitrogen and oxygen atoms in total. The highest BCUT2D eigenvalue weighted by molar-refractivity contribution is 14.1. The highest BCUT2D eigenvalue weighted by Crippen LogP contribution is 2.26. The third-order valence-electron chi connectivity index (χ3n) is 3.50. The molecule has 2 unspecified atom stereocenters. The van der Waals surface area contributed by atoms with Crippen LogP contribution in [0.5, 0.6) is 5.75 Å². The van der Waals surface area contributed by atoms with Gasteiger partial charge in [0.15, 0.2) is 5.78 Å². The molecule has 0 saturated heterocycles. The van der Waals surface area contributed by atoms with Gasteiger partial charge in [0, 0.05) is 16.9 Å². The molecule has 1 aromatic rings. The van der Waals surface area contributed by atoms with E-state index in [4.69, 9.17) is 9.47 Å². The standard InChI is InChI=1S/C18H23IO5/c1-4-14(24-12(2)20)8-5-7-13(21)11-16(22)18-15(19)9-6-10-17(18)23-3/h4,6,9-10,13-14,21H,1,5,7-8,11H2,2-3H3. The van der Waals surface area contributed by atoms with Gasteiger partial charge in [0.05, 0.1) is 18.8 Å². The van der Waals surface area contributed by atoms with Gasteiger partial charge in [0.1, 0.15) is 11.9 Å². The van der Waals surface area contributed by atoms with Crippen molar-refractivity contribution < 1.29 is 24.2 Å². The molecule has 1 aromatic carbocycles. The minimum Gasteiger partial charge on any atom is -0.496 e. The molecule has 1 rings (SSSR count). The van der Waals surface area contributed by atoms with Crippen molar-refractivity contribution >= 4 is 34.3 Å². The van der Waals surface area contributed by atoms with E-state index in [1.54, 1.807) is 12.1 Å².